The minimum absolute atomic E-state index is 0. The predicted octanol–water partition coefficient (Wildman–Crippen LogP) is 3.17. The molecule has 0 amide bonds. The minimum atomic E-state index is -0.896. The number of rotatable bonds is 0. The van der Waals surface area contributed by atoms with Gasteiger partial charge in [0.1, 0.15) is 0 Å². The summed E-state index contributed by atoms with van der Waals surface area (Å²) in [5.74, 6) is 0. The molecule has 0 rings (SSSR count). The van der Waals surface area contributed by atoms with Crippen molar-refractivity contribution in [2.75, 3.05) is 0 Å². The van der Waals surface area contributed by atoms with E-state index >= 15 is 0 Å². The Morgan fingerprint density at radius 2 is 1.00 bits per heavy atom. The van der Waals surface area contributed by atoms with E-state index in [1.165, 1.54) is 0 Å². The van der Waals surface area contributed by atoms with Crippen LogP contribution in [0.5, 0.6) is 0 Å². The van der Waals surface area contributed by atoms with Crippen molar-refractivity contribution in [3.05, 3.63) is 0 Å². The first-order valence-corrected chi connectivity index (χ1v) is 12.1. The molecule has 0 aliphatic carbocycles. The first-order chi connectivity index (χ1) is 1.73. The molecule has 0 saturated carbocycles. The number of halogens is 3. The van der Waals surface area contributed by atoms with E-state index in [2.05, 4.69) is 39.5 Å². The monoisotopic (exact) mass is 301 g/mol. The van der Waals surface area contributed by atoms with Crippen LogP contribution in [0.25, 0.3) is 0 Å². The van der Waals surface area contributed by atoms with Gasteiger partial charge in [0.25, 0.3) is 0 Å². The van der Waals surface area contributed by atoms with Crippen molar-refractivity contribution >= 4 is 39.5 Å². The summed E-state index contributed by atoms with van der Waals surface area (Å²) >= 11 is 8.92. The number of hydrogen-bond donors (Lipinski definition) is 0. The van der Waals surface area contributed by atoms with E-state index in [-0.39, 0.29) is 7.43 Å². The molecule has 0 nitrogen and oxygen atoms in total. The first-order valence-electron chi connectivity index (χ1n) is 0.567. The van der Waals surface area contributed by atoms with E-state index in [9.17, 15) is 0 Å². The van der Waals surface area contributed by atoms with Crippen LogP contribution < -0.4 is 0 Å². The molecule has 0 N–H and O–H groups in total. The van der Waals surface area contributed by atoms with Gasteiger partial charge in [-0.2, -0.15) is 0 Å². The van der Waals surface area contributed by atoms with Crippen LogP contribution in [0, 0.1) is 0 Å². The average Bonchev–Trinajstić information content (AvgIpc) is 0.811. The fourth-order valence-electron chi connectivity index (χ4n) is 0. The summed E-state index contributed by atoms with van der Waals surface area (Å²) in [5, 5.41) is 0. The molecule has 0 unspecified atom stereocenters. The Kier molecular flexibility index (Phi) is 12.6. The molecule has 0 aromatic heterocycles. The van der Waals surface area contributed by atoms with Crippen LogP contribution in [0.4, 0.5) is 0 Å². The second-order valence-electron chi connectivity index (χ2n) is 0.214. The maximum absolute atomic E-state index is 3.27. The van der Waals surface area contributed by atoms with Crippen molar-refractivity contribution in [2.45, 2.75) is 7.43 Å². The second-order valence-corrected chi connectivity index (χ2v) is 23.9. The molecule has 0 heterocycles. The summed E-state index contributed by atoms with van der Waals surface area (Å²) in [6.45, 7) is 0. The quantitative estimate of drug-likeness (QED) is 0.603. The molecule has 0 atom stereocenters. The molecule has 4 heteroatoms. The Balaban J connectivity index is 0. The standard InChI is InChI=1S/CH4.3BrH.Ti/h1H4;3*1H;/q;;;;+3/p-3. The molecular weight excluding hydrogens is 300 g/mol. The topological polar surface area (TPSA) is 0 Å². The second kappa shape index (κ2) is 6.15. The molecule has 0 saturated heterocycles. The van der Waals surface area contributed by atoms with E-state index < -0.39 is 11.6 Å². The average molecular weight is 304 g/mol. The van der Waals surface area contributed by atoms with Crippen molar-refractivity contribution < 1.29 is 11.6 Å². The van der Waals surface area contributed by atoms with Gasteiger partial charge in [0.2, 0.25) is 0 Å². The van der Waals surface area contributed by atoms with Gasteiger partial charge < -0.3 is 0 Å². The Morgan fingerprint density at radius 3 is 1.00 bits per heavy atom. The summed E-state index contributed by atoms with van der Waals surface area (Å²) in [5.41, 5.74) is 0. The molecule has 0 aromatic rings. The molecular formula is CH4Br3Ti. The van der Waals surface area contributed by atoms with Gasteiger partial charge in [-0.15, -0.1) is 0 Å². The zero-order valence-electron chi connectivity index (χ0n) is 1.63. The van der Waals surface area contributed by atoms with E-state index in [0.717, 1.165) is 0 Å². The fraction of sp³-hybridized carbons (Fsp3) is 1.00. The van der Waals surface area contributed by atoms with Gasteiger partial charge in [-0.3, -0.25) is 0 Å². The van der Waals surface area contributed by atoms with Gasteiger partial charge in [0.15, 0.2) is 0 Å². The third kappa shape index (κ3) is 22.9. The van der Waals surface area contributed by atoms with Crippen LogP contribution in [0.3, 0.4) is 0 Å². The van der Waals surface area contributed by atoms with Crippen LogP contribution >= 0.6 is 39.5 Å². The molecule has 0 aliphatic rings. The van der Waals surface area contributed by atoms with E-state index in [1.807, 2.05) is 0 Å². The molecule has 0 fully saturated rings. The molecule has 0 aliphatic heterocycles. The van der Waals surface area contributed by atoms with Crippen molar-refractivity contribution in [1.29, 1.82) is 0 Å². The maximum atomic E-state index is 3.27. The molecule has 33 valence electrons. The zero-order chi connectivity index (χ0) is 3.58. The van der Waals surface area contributed by atoms with E-state index in [4.69, 9.17) is 0 Å². The van der Waals surface area contributed by atoms with E-state index in [1.54, 1.807) is 0 Å². The molecule has 0 aromatic carbocycles. The molecule has 0 radical (unpaired) electrons. The predicted molar refractivity (Wildman–Crippen MR) is 33.5 cm³/mol. The summed E-state index contributed by atoms with van der Waals surface area (Å²) < 4.78 is 0. The Bertz CT molecular complexity index is 11.6. The van der Waals surface area contributed by atoms with Crippen LogP contribution in [-0.2, 0) is 11.6 Å². The normalized spacial score (nSPS) is 5.40. The zero-order valence-corrected chi connectivity index (χ0v) is 7.95. The first kappa shape index (κ1) is 10.2. The van der Waals surface area contributed by atoms with Crippen molar-refractivity contribution in [3.8, 4) is 0 Å². The summed E-state index contributed by atoms with van der Waals surface area (Å²) in [6, 6.07) is 0. The van der Waals surface area contributed by atoms with Gasteiger partial charge in [-0.1, -0.05) is 7.43 Å². The number of hydrogen-bond acceptors (Lipinski definition) is 0. The molecule has 0 bridgehead atoms. The fourth-order valence-corrected chi connectivity index (χ4v) is 0. The van der Waals surface area contributed by atoms with Gasteiger partial charge in [-0.25, -0.2) is 0 Å². The van der Waals surface area contributed by atoms with Gasteiger partial charge in [0.05, 0.1) is 0 Å². The summed E-state index contributed by atoms with van der Waals surface area (Å²) in [4.78, 5) is 0. The SMILES string of the molecule is C.[Br][Ti]([Br])[Br]. The third-order valence-electron chi connectivity index (χ3n) is 0. The summed E-state index contributed by atoms with van der Waals surface area (Å²) in [6.07, 6.45) is 0. The van der Waals surface area contributed by atoms with Crippen molar-refractivity contribution in [2.24, 2.45) is 0 Å². The van der Waals surface area contributed by atoms with Crippen LogP contribution in [0.15, 0.2) is 0 Å². The van der Waals surface area contributed by atoms with Gasteiger partial charge in [-0.05, 0) is 0 Å². The molecule has 0 spiro atoms. The van der Waals surface area contributed by atoms with Crippen LogP contribution in [-0.4, -0.2) is 0 Å². The van der Waals surface area contributed by atoms with Crippen molar-refractivity contribution in [1.82, 2.24) is 0 Å². The van der Waals surface area contributed by atoms with Gasteiger partial charge in [0, 0.05) is 0 Å². The van der Waals surface area contributed by atoms with Crippen LogP contribution in [0.2, 0.25) is 0 Å². The van der Waals surface area contributed by atoms with Crippen LogP contribution in [0.1, 0.15) is 7.43 Å². The van der Waals surface area contributed by atoms with Crippen molar-refractivity contribution in [3.63, 3.8) is 0 Å². The third-order valence-corrected chi connectivity index (χ3v) is 0. The van der Waals surface area contributed by atoms with E-state index in [0.29, 0.717) is 0 Å². The summed E-state index contributed by atoms with van der Waals surface area (Å²) in [7, 11) is 0. The Morgan fingerprint density at radius 1 is 1.00 bits per heavy atom. The molecule has 5 heavy (non-hydrogen) atoms. The van der Waals surface area contributed by atoms with Gasteiger partial charge >= 0.3 is 51.1 Å². The Hall–Kier alpha value is 2.15. The Labute approximate surface area is 57.7 Å².